The van der Waals surface area contributed by atoms with Crippen LogP contribution in [0, 0.1) is 0 Å². The van der Waals surface area contributed by atoms with Crippen molar-refractivity contribution in [3.05, 3.63) is 65.7 Å². The highest BCUT2D eigenvalue weighted by Gasteiger charge is 2.46. The van der Waals surface area contributed by atoms with Gasteiger partial charge in [-0.1, -0.05) is 48.5 Å². The standard InChI is InChI=1S/C27H34N4O4.2ClH/c1-2-34-20-14-19-15-31(27(33)25(28)18-8-4-3-5-9-18)23(17-30(19)16-20)26(32)29-22-12-13-35-24-11-7-6-10-21(22)24;;/h3-11,19-20,22-23,25H,2,12-17,28H2,1H3,(H,29,32);2*1H/t19-,20-,22-,23+,25+;;/m1../s1. The van der Waals surface area contributed by atoms with Crippen molar-refractivity contribution in [1.82, 2.24) is 15.1 Å². The molecule has 37 heavy (non-hydrogen) atoms. The van der Waals surface area contributed by atoms with Crippen molar-refractivity contribution in [1.29, 1.82) is 0 Å². The summed E-state index contributed by atoms with van der Waals surface area (Å²) >= 11 is 0. The summed E-state index contributed by atoms with van der Waals surface area (Å²) in [4.78, 5) is 31.3. The molecule has 202 valence electrons. The topological polar surface area (TPSA) is 97.1 Å². The van der Waals surface area contributed by atoms with Crippen LogP contribution >= 0.6 is 24.8 Å². The van der Waals surface area contributed by atoms with Gasteiger partial charge >= 0.3 is 0 Å². The van der Waals surface area contributed by atoms with Gasteiger partial charge < -0.3 is 25.4 Å². The van der Waals surface area contributed by atoms with Crippen LogP contribution < -0.4 is 15.8 Å². The third-order valence-electron chi connectivity index (χ3n) is 7.37. The molecule has 0 aromatic heterocycles. The number of para-hydroxylation sites is 1. The molecule has 3 N–H and O–H groups in total. The number of ether oxygens (including phenoxy) is 2. The molecule has 8 nitrogen and oxygen atoms in total. The Morgan fingerprint density at radius 3 is 2.57 bits per heavy atom. The van der Waals surface area contributed by atoms with Gasteiger partial charge in [-0.25, -0.2) is 0 Å². The van der Waals surface area contributed by atoms with Gasteiger partial charge in [-0.15, -0.1) is 24.8 Å². The second-order valence-corrected chi connectivity index (χ2v) is 9.55. The molecule has 2 amide bonds. The lowest BCUT2D eigenvalue weighted by atomic mass is 9.98. The molecule has 10 heteroatoms. The number of nitrogens with two attached hydrogens (primary N) is 1. The fourth-order valence-corrected chi connectivity index (χ4v) is 5.59. The Balaban J connectivity index is 0.00000190. The Morgan fingerprint density at radius 2 is 1.81 bits per heavy atom. The van der Waals surface area contributed by atoms with Crippen LogP contribution in [0.1, 0.15) is 43.0 Å². The number of hydrogen-bond donors (Lipinski definition) is 2. The normalized spacial score (nSPS) is 25.4. The Bertz CT molecular complexity index is 1060. The molecule has 0 saturated carbocycles. The zero-order chi connectivity index (χ0) is 24.4. The molecule has 5 atom stereocenters. The number of piperazine rings is 1. The second kappa shape index (κ2) is 12.9. The number of carbonyl (C=O) groups is 2. The van der Waals surface area contributed by atoms with E-state index in [1.54, 1.807) is 4.90 Å². The number of nitrogens with one attached hydrogen (secondary N) is 1. The van der Waals surface area contributed by atoms with Crippen molar-refractivity contribution in [2.24, 2.45) is 5.73 Å². The summed E-state index contributed by atoms with van der Waals surface area (Å²) in [6, 6.07) is 15.7. The molecular weight excluding hydrogens is 515 g/mol. The van der Waals surface area contributed by atoms with Gasteiger partial charge in [0.2, 0.25) is 11.8 Å². The Morgan fingerprint density at radius 1 is 1.08 bits per heavy atom. The fourth-order valence-electron chi connectivity index (χ4n) is 5.59. The molecule has 0 aliphatic carbocycles. The molecule has 3 aliphatic heterocycles. The lowest BCUT2D eigenvalue weighted by Gasteiger charge is -2.44. The van der Waals surface area contributed by atoms with Crippen LogP contribution in [0.3, 0.4) is 0 Å². The molecule has 2 aromatic carbocycles. The lowest BCUT2D eigenvalue weighted by Crippen LogP contribution is -2.64. The average molecular weight is 552 g/mol. The van der Waals surface area contributed by atoms with Crippen LogP contribution in [-0.2, 0) is 14.3 Å². The summed E-state index contributed by atoms with van der Waals surface area (Å²) in [6.07, 6.45) is 1.65. The van der Waals surface area contributed by atoms with E-state index in [4.69, 9.17) is 15.2 Å². The van der Waals surface area contributed by atoms with Gasteiger partial charge in [0.1, 0.15) is 17.8 Å². The van der Waals surface area contributed by atoms with Gasteiger partial charge in [-0.05, 0) is 25.0 Å². The summed E-state index contributed by atoms with van der Waals surface area (Å²) in [7, 11) is 0. The number of halogens is 2. The van der Waals surface area contributed by atoms with Gasteiger partial charge in [-0.3, -0.25) is 14.5 Å². The predicted molar refractivity (Wildman–Crippen MR) is 146 cm³/mol. The smallest absolute Gasteiger partial charge is 0.244 e. The van der Waals surface area contributed by atoms with Crippen LogP contribution in [0.15, 0.2) is 54.6 Å². The fraction of sp³-hybridized carbons (Fsp3) is 0.481. The first-order valence-corrected chi connectivity index (χ1v) is 12.5. The summed E-state index contributed by atoms with van der Waals surface area (Å²) in [5.74, 6) is 0.424. The average Bonchev–Trinajstić information content (AvgIpc) is 3.29. The van der Waals surface area contributed by atoms with Crippen LogP contribution in [-0.4, -0.2) is 72.6 Å². The van der Waals surface area contributed by atoms with E-state index < -0.39 is 12.1 Å². The lowest BCUT2D eigenvalue weighted by molar-refractivity contribution is -0.146. The third kappa shape index (κ3) is 6.21. The number of amides is 2. The summed E-state index contributed by atoms with van der Waals surface area (Å²) in [5, 5.41) is 3.21. The van der Waals surface area contributed by atoms with E-state index >= 15 is 0 Å². The zero-order valence-corrected chi connectivity index (χ0v) is 22.6. The minimum absolute atomic E-state index is 0. The zero-order valence-electron chi connectivity index (χ0n) is 21.0. The van der Waals surface area contributed by atoms with Crippen molar-refractivity contribution in [2.75, 3.05) is 32.8 Å². The van der Waals surface area contributed by atoms with Gasteiger partial charge in [0.05, 0.1) is 18.8 Å². The van der Waals surface area contributed by atoms with Gasteiger partial charge in [0.15, 0.2) is 0 Å². The molecule has 2 saturated heterocycles. The monoisotopic (exact) mass is 550 g/mol. The highest BCUT2D eigenvalue weighted by Crippen LogP contribution is 2.33. The molecule has 0 spiro atoms. The van der Waals surface area contributed by atoms with Crippen molar-refractivity contribution in [2.45, 2.75) is 50.0 Å². The minimum Gasteiger partial charge on any atom is -0.493 e. The van der Waals surface area contributed by atoms with Crippen LogP contribution in [0.2, 0.25) is 0 Å². The summed E-state index contributed by atoms with van der Waals surface area (Å²) in [6.45, 7) is 4.89. The van der Waals surface area contributed by atoms with Gasteiger partial charge in [0.25, 0.3) is 0 Å². The van der Waals surface area contributed by atoms with E-state index in [1.807, 2.05) is 61.5 Å². The van der Waals surface area contributed by atoms with Crippen molar-refractivity contribution in [3.63, 3.8) is 0 Å². The molecule has 2 fully saturated rings. The number of fused-ring (bicyclic) bond motifs is 2. The van der Waals surface area contributed by atoms with E-state index in [-0.39, 0.29) is 54.8 Å². The molecule has 0 radical (unpaired) electrons. The second-order valence-electron chi connectivity index (χ2n) is 9.55. The van der Waals surface area contributed by atoms with Crippen molar-refractivity contribution in [3.8, 4) is 5.75 Å². The highest BCUT2D eigenvalue weighted by atomic mass is 35.5. The van der Waals surface area contributed by atoms with Crippen molar-refractivity contribution >= 4 is 36.6 Å². The molecule has 0 unspecified atom stereocenters. The first-order chi connectivity index (χ1) is 17.0. The van der Waals surface area contributed by atoms with Gasteiger partial charge in [0, 0.05) is 44.3 Å². The Labute approximate surface area is 230 Å². The Hall–Kier alpha value is -2.36. The number of rotatable bonds is 6. The number of nitrogens with zero attached hydrogens (tertiary/aromatic N) is 2. The largest absolute Gasteiger partial charge is 0.493 e. The molecule has 2 aromatic rings. The first kappa shape index (κ1) is 29.2. The number of carbonyl (C=O) groups excluding carboxylic acids is 2. The highest BCUT2D eigenvalue weighted by molar-refractivity contribution is 5.91. The van der Waals surface area contributed by atoms with E-state index in [0.29, 0.717) is 32.7 Å². The number of benzene rings is 2. The molecular formula is C27H36Cl2N4O4. The molecule has 3 heterocycles. The van der Waals surface area contributed by atoms with Crippen LogP contribution in [0.5, 0.6) is 5.75 Å². The van der Waals surface area contributed by atoms with Crippen molar-refractivity contribution < 1.29 is 19.1 Å². The van der Waals surface area contributed by atoms with E-state index in [2.05, 4.69) is 10.2 Å². The van der Waals surface area contributed by atoms with Gasteiger partial charge in [-0.2, -0.15) is 0 Å². The third-order valence-corrected chi connectivity index (χ3v) is 7.37. The summed E-state index contributed by atoms with van der Waals surface area (Å²) in [5.41, 5.74) is 8.13. The maximum atomic E-state index is 13.7. The minimum atomic E-state index is -0.814. The molecule has 0 bridgehead atoms. The van der Waals surface area contributed by atoms with E-state index in [1.165, 1.54) is 0 Å². The maximum absolute atomic E-state index is 13.7. The quantitative estimate of drug-likeness (QED) is 0.574. The van der Waals surface area contributed by atoms with E-state index in [0.717, 1.165) is 29.8 Å². The van der Waals surface area contributed by atoms with Crippen LogP contribution in [0.4, 0.5) is 0 Å². The summed E-state index contributed by atoms with van der Waals surface area (Å²) < 4.78 is 11.6. The molecule has 5 rings (SSSR count). The number of hydrogen-bond acceptors (Lipinski definition) is 6. The molecule has 3 aliphatic rings. The van der Waals surface area contributed by atoms with E-state index in [9.17, 15) is 9.59 Å². The van der Waals surface area contributed by atoms with Crippen LogP contribution in [0.25, 0.3) is 0 Å². The predicted octanol–water partition coefficient (Wildman–Crippen LogP) is 2.86. The Kier molecular flexibility index (Phi) is 10.2. The maximum Gasteiger partial charge on any atom is 0.244 e. The first-order valence-electron chi connectivity index (χ1n) is 12.5. The SMILES string of the molecule is CCO[C@@H]1C[C@@H]2CN(C(=O)[C@@H](N)c3ccccc3)[C@H](C(=O)N[C@@H]3CCOc4ccccc43)CN2C1.Cl.Cl.